The molecule has 0 saturated heterocycles. The molecule has 0 spiro atoms. The van der Waals surface area contributed by atoms with E-state index in [0.29, 0.717) is 11.5 Å². The number of carbonyl (C=O) groups excluding carboxylic acids is 3. The molecule has 35 heavy (non-hydrogen) atoms. The van der Waals surface area contributed by atoms with Crippen molar-refractivity contribution in [2.75, 3.05) is 12.8 Å². The second kappa shape index (κ2) is 10.6. The average molecular weight is 498 g/mol. The van der Waals surface area contributed by atoms with Crippen LogP contribution in [0.4, 0.5) is 5.69 Å². The highest BCUT2D eigenvalue weighted by Gasteiger charge is 2.37. The second-order valence-electron chi connectivity index (χ2n) is 8.33. The third-order valence-electron chi connectivity index (χ3n) is 6.00. The fourth-order valence-electron chi connectivity index (χ4n) is 4.19. The number of nitrogens with zero attached hydrogens (tertiary/aromatic N) is 2. The van der Waals surface area contributed by atoms with Gasteiger partial charge in [0, 0.05) is 12.6 Å². The first-order chi connectivity index (χ1) is 16.9. The average Bonchev–Trinajstić information content (AvgIpc) is 3.61. The van der Waals surface area contributed by atoms with E-state index in [0.717, 1.165) is 42.8 Å². The maximum Gasteiger partial charge on any atom is 0.270 e. The summed E-state index contributed by atoms with van der Waals surface area (Å²) in [5.41, 5.74) is 11.9. The number of methoxy groups -OCH3 is 1. The number of nitrogens with two attached hydrogens (primary N) is 2. The Hall–Kier alpha value is -3.86. The molecular weight excluding hydrogens is 470 g/mol. The molecule has 3 aromatic rings. The van der Waals surface area contributed by atoms with E-state index in [1.165, 1.54) is 11.2 Å². The maximum atomic E-state index is 13.8. The van der Waals surface area contributed by atoms with Crippen molar-refractivity contribution >= 4 is 34.9 Å². The highest BCUT2D eigenvalue weighted by Crippen LogP contribution is 2.31. The number of nitrogens with one attached hydrogen (secondary N) is 1. The van der Waals surface area contributed by atoms with Gasteiger partial charge in [-0.1, -0.05) is 25.0 Å². The van der Waals surface area contributed by atoms with Gasteiger partial charge in [-0.25, -0.2) is 0 Å². The zero-order valence-corrected chi connectivity index (χ0v) is 20.0. The van der Waals surface area contributed by atoms with Gasteiger partial charge >= 0.3 is 0 Å². The number of ether oxygens (including phenoxy) is 1. The summed E-state index contributed by atoms with van der Waals surface area (Å²) in [5.74, 6) is -0.786. The van der Waals surface area contributed by atoms with Crippen LogP contribution in [0.1, 0.15) is 63.2 Å². The number of furan rings is 1. The zero-order chi connectivity index (χ0) is 24.9. The molecule has 1 aliphatic carbocycles. The summed E-state index contributed by atoms with van der Waals surface area (Å²) in [6, 6.07) is 9.42. The third-order valence-corrected chi connectivity index (χ3v) is 6.85. The molecule has 1 atom stereocenters. The molecule has 10 nitrogen and oxygen atoms in total. The monoisotopic (exact) mass is 497 g/mol. The van der Waals surface area contributed by atoms with Gasteiger partial charge in [-0.2, -0.15) is 4.37 Å². The number of carbonyl (C=O) groups is 3. The van der Waals surface area contributed by atoms with E-state index in [9.17, 15) is 14.4 Å². The molecule has 0 unspecified atom stereocenters. The van der Waals surface area contributed by atoms with Crippen molar-refractivity contribution in [2.45, 2.75) is 44.3 Å². The summed E-state index contributed by atoms with van der Waals surface area (Å²) in [4.78, 5) is 40.5. The van der Waals surface area contributed by atoms with Gasteiger partial charge in [0.15, 0.2) is 11.7 Å². The van der Waals surface area contributed by atoms with Crippen molar-refractivity contribution in [3.8, 4) is 5.75 Å². The van der Waals surface area contributed by atoms with E-state index >= 15 is 0 Å². The molecule has 2 heterocycles. The maximum absolute atomic E-state index is 13.8. The van der Waals surface area contributed by atoms with Crippen LogP contribution in [0.25, 0.3) is 0 Å². The molecule has 1 saturated carbocycles. The molecule has 3 amide bonds. The molecule has 1 aromatic carbocycles. The summed E-state index contributed by atoms with van der Waals surface area (Å²) in [6.07, 6.45) is 5.30. The van der Waals surface area contributed by atoms with Gasteiger partial charge in [-0.15, -0.1) is 0 Å². The van der Waals surface area contributed by atoms with Crippen molar-refractivity contribution in [1.82, 2.24) is 14.6 Å². The SMILES string of the molecule is COc1ccc(CN(C(=O)c2snc(C(N)=O)c2N)[C@@H](C(=O)NC2CCCC2)c2ccco2)cc1. The number of anilines is 1. The Balaban J connectivity index is 1.74. The van der Waals surface area contributed by atoms with Crippen molar-refractivity contribution in [3.05, 3.63) is 64.6 Å². The molecule has 4 rings (SSSR count). The largest absolute Gasteiger partial charge is 0.497 e. The van der Waals surface area contributed by atoms with Crippen LogP contribution in [0.3, 0.4) is 0 Å². The lowest BCUT2D eigenvalue weighted by molar-refractivity contribution is -0.127. The lowest BCUT2D eigenvalue weighted by atomic mass is 10.1. The Morgan fingerprint density at radius 1 is 1.23 bits per heavy atom. The summed E-state index contributed by atoms with van der Waals surface area (Å²) >= 11 is 0.767. The number of rotatable bonds is 9. The first-order valence-corrected chi connectivity index (χ1v) is 12.0. The highest BCUT2D eigenvalue weighted by molar-refractivity contribution is 7.09. The van der Waals surface area contributed by atoms with Crippen LogP contribution in [0, 0.1) is 0 Å². The minimum atomic E-state index is -1.07. The van der Waals surface area contributed by atoms with E-state index in [1.807, 2.05) is 0 Å². The quantitative estimate of drug-likeness (QED) is 0.411. The minimum absolute atomic E-state index is 0.0255. The van der Waals surface area contributed by atoms with Gasteiger partial charge in [0.2, 0.25) is 0 Å². The molecule has 2 aromatic heterocycles. The second-order valence-corrected chi connectivity index (χ2v) is 9.10. The number of hydrogen-bond donors (Lipinski definition) is 3. The molecule has 5 N–H and O–H groups in total. The first-order valence-electron chi connectivity index (χ1n) is 11.2. The fourth-order valence-corrected chi connectivity index (χ4v) is 4.95. The lowest BCUT2D eigenvalue weighted by Crippen LogP contribution is -2.45. The van der Waals surface area contributed by atoms with E-state index in [1.54, 1.807) is 43.5 Å². The number of hydrogen-bond acceptors (Lipinski definition) is 8. The molecule has 11 heteroatoms. The molecular formula is C24H27N5O5S. The minimum Gasteiger partial charge on any atom is -0.497 e. The van der Waals surface area contributed by atoms with Gasteiger partial charge < -0.3 is 30.8 Å². The van der Waals surface area contributed by atoms with E-state index < -0.39 is 17.9 Å². The Kier molecular flexibility index (Phi) is 7.35. The van der Waals surface area contributed by atoms with Gasteiger partial charge in [0.05, 0.1) is 19.1 Å². The van der Waals surface area contributed by atoms with Gasteiger partial charge in [-0.3, -0.25) is 14.4 Å². The Bertz CT molecular complexity index is 1190. The van der Waals surface area contributed by atoms with Crippen molar-refractivity contribution in [3.63, 3.8) is 0 Å². The van der Waals surface area contributed by atoms with Crippen LogP contribution in [0.5, 0.6) is 5.75 Å². The zero-order valence-electron chi connectivity index (χ0n) is 19.2. The van der Waals surface area contributed by atoms with Crippen molar-refractivity contribution < 1.29 is 23.5 Å². The Morgan fingerprint density at radius 2 is 1.94 bits per heavy atom. The van der Waals surface area contributed by atoms with Crippen LogP contribution in [0.2, 0.25) is 0 Å². The van der Waals surface area contributed by atoms with Gasteiger partial charge in [-0.05, 0) is 54.2 Å². The fraction of sp³-hybridized carbons (Fsp3) is 0.333. The highest BCUT2D eigenvalue weighted by atomic mass is 32.1. The lowest BCUT2D eigenvalue weighted by Gasteiger charge is -2.30. The summed E-state index contributed by atoms with van der Waals surface area (Å²) in [7, 11) is 1.56. The van der Waals surface area contributed by atoms with Crippen molar-refractivity contribution in [1.29, 1.82) is 0 Å². The normalized spacial score (nSPS) is 14.4. The number of amides is 3. The molecule has 1 aliphatic rings. The third kappa shape index (κ3) is 5.29. The van der Waals surface area contributed by atoms with Crippen LogP contribution >= 0.6 is 11.5 Å². The standard InChI is InChI=1S/C24H27N5O5S/c1-33-16-10-8-14(9-11-16)13-29(24(32)21-18(25)19(22(26)30)28-35-21)20(17-7-4-12-34-17)23(31)27-15-5-2-3-6-15/h4,7-12,15,20H,2-3,5-6,13,25H2,1H3,(H2,26,30)(H,27,31)/t20-/m1/s1. The molecule has 0 bridgehead atoms. The van der Waals surface area contributed by atoms with Crippen LogP contribution in [0.15, 0.2) is 47.1 Å². The van der Waals surface area contributed by atoms with Gasteiger partial charge in [0.25, 0.3) is 17.7 Å². The summed E-state index contributed by atoms with van der Waals surface area (Å²) in [5, 5.41) is 3.07. The molecule has 0 radical (unpaired) electrons. The molecule has 0 aliphatic heterocycles. The smallest absolute Gasteiger partial charge is 0.270 e. The van der Waals surface area contributed by atoms with E-state index in [4.69, 9.17) is 20.6 Å². The van der Waals surface area contributed by atoms with E-state index in [-0.39, 0.29) is 34.8 Å². The number of primary amides is 1. The molecule has 184 valence electrons. The van der Waals surface area contributed by atoms with Crippen LogP contribution in [-0.4, -0.2) is 40.1 Å². The number of nitrogen functional groups attached to an aromatic ring is 1. The predicted octanol–water partition coefficient (Wildman–Crippen LogP) is 2.87. The van der Waals surface area contributed by atoms with Crippen LogP contribution < -0.4 is 21.5 Å². The Morgan fingerprint density at radius 3 is 2.51 bits per heavy atom. The summed E-state index contributed by atoms with van der Waals surface area (Å²) in [6.45, 7) is 0.0650. The predicted molar refractivity (Wildman–Crippen MR) is 130 cm³/mol. The Labute approximate surface area is 206 Å². The van der Waals surface area contributed by atoms with Gasteiger partial charge in [0.1, 0.15) is 16.4 Å². The summed E-state index contributed by atoms with van der Waals surface area (Å²) < 4.78 is 14.8. The van der Waals surface area contributed by atoms with Crippen LogP contribution in [-0.2, 0) is 11.3 Å². The first kappa shape index (κ1) is 24.3. The van der Waals surface area contributed by atoms with E-state index in [2.05, 4.69) is 9.69 Å². The number of benzene rings is 1. The number of aromatic nitrogens is 1. The van der Waals surface area contributed by atoms with Crippen molar-refractivity contribution in [2.24, 2.45) is 5.73 Å². The molecule has 1 fully saturated rings. The topological polar surface area (TPSA) is 154 Å².